The molecule has 0 spiro atoms. The van der Waals surface area contributed by atoms with E-state index in [1.165, 1.54) is 22.0 Å². The van der Waals surface area contributed by atoms with Crippen molar-refractivity contribution >= 4 is 39.1 Å². The Morgan fingerprint density at radius 2 is 1.79 bits per heavy atom. The van der Waals surface area contributed by atoms with Crippen molar-refractivity contribution in [2.45, 2.75) is 30.7 Å². The molecule has 1 atom stereocenters. The predicted octanol–water partition coefficient (Wildman–Crippen LogP) is 3.98. The zero-order valence-corrected chi connectivity index (χ0v) is 18.2. The number of hydrogen-bond donors (Lipinski definition) is 0. The summed E-state index contributed by atoms with van der Waals surface area (Å²) in [5.41, 5.74) is 2.44. The van der Waals surface area contributed by atoms with E-state index in [4.69, 9.17) is 23.2 Å². The second kappa shape index (κ2) is 8.26. The van der Waals surface area contributed by atoms with Gasteiger partial charge in [0.05, 0.1) is 10.9 Å². The number of benzene rings is 2. The van der Waals surface area contributed by atoms with Crippen molar-refractivity contribution in [1.82, 2.24) is 9.21 Å². The van der Waals surface area contributed by atoms with Crippen LogP contribution < -0.4 is 0 Å². The van der Waals surface area contributed by atoms with E-state index in [2.05, 4.69) is 6.07 Å². The van der Waals surface area contributed by atoms with Crippen molar-refractivity contribution < 1.29 is 13.2 Å². The van der Waals surface area contributed by atoms with Gasteiger partial charge >= 0.3 is 0 Å². The molecular weight excluding hydrogens is 431 g/mol. The van der Waals surface area contributed by atoms with Crippen molar-refractivity contribution in [3.8, 4) is 0 Å². The molecule has 1 unspecified atom stereocenters. The van der Waals surface area contributed by atoms with Crippen LogP contribution in [0.15, 0.2) is 47.4 Å². The summed E-state index contributed by atoms with van der Waals surface area (Å²) in [4.78, 5) is 15.0. The van der Waals surface area contributed by atoms with Crippen molar-refractivity contribution in [3.63, 3.8) is 0 Å². The molecule has 8 heteroatoms. The summed E-state index contributed by atoms with van der Waals surface area (Å²) in [6.45, 7) is 1.79. The third kappa shape index (κ3) is 4.17. The molecule has 1 saturated heterocycles. The first kappa shape index (κ1) is 20.7. The number of fused-ring (bicyclic) bond motifs is 1. The van der Waals surface area contributed by atoms with Crippen LogP contribution in [0.25, 0.3) is 0 Å². The van der Waals surface area contributed by atoms with Gasteiger partial charge in [0.2, 0.25) is 15.9 Å². The van der Waals surface area contributed by atoms with Gasteiger partial charge in [-0.15, -0.1) is 0 Å². The molecule has 1 amide bonds. The van der Waals surface area contributed by atoms with Crippen LogP contribution >= 0.6 is 23.2 Å². The van der Waals surface area contributed by atoms with Crippen molar-refractivity contribution in [3.05, 3.63) is 63.6 Å². The first-order valence-corrected chi connectivity index (χ1v) is 11.9. The fourth-order valence-corrected chi connectivity index (χ4v) is 6.38. The molecular formula is C21H22Cl2N2O3S. The number of sulfonamides is 1. The maximum absolute atomic E-state index is 13.2. The molecule has 2 heterocycles. The van der Waals surface area contributed by atoms with Crippen LogP contribution in [0.4, 0.5) is 0 Å². The van der Waals surface area contributed by atoms with E-state index in [1.54, 1.807) is 6.07 Å². The molecule has 4 rings (SSSR count). The molecule has 0 bridgehead atoms. The van der Waals surface area contributed by atoms with Crippen LogP contribution in [0.5, 0.6) is 0 Å². The van der Waals surface area contributed by atoms with Crippen LogP contribution in [0, 0.1) is 5.92 Å². The van der Waals surface area contributed by atoms with Gasteiger partial charge in [-0.3, -0.25) is 4.79 Å². The van der Waals surface area contributed by atoms with Crippen molar-refractivity contribution in [2.24, 2.45) is 5.92 Å². The van der Waals surface area contributed by atoms with Gasteiger partial charge in [-0.05, 0) is 48.6 Å². The third-order valence-electron chi connectivity index (χ3n) is 5.69. The van der Waals surface area contributed by atoms with Crippen LogP contribution in [-0.2, 0) is 27.8 Å². The van der Waals surface area contributed by atoms with Crippen LogP contribution in [0.3, 0.4) is 0 Å². The lowest BCUT2D eigenvalue weighted by molar-refractivity contribution is -0.137. The van der Waals surface area contributed by atoms with Gasteiger partial charge in [0.15, 0.2) is 0 Å². The van der Waals surface area contributed by atoms with E-state index in [0.717, 1.165) is 12.0 Å². The fraction of sp³-hybridized carbons (Fsp3) is 0.381. The van der Waals surface area contributed by atoms with E-state index >= 15 is 0 Å². The van der Waals surface area contributed by atoms with Gasteiger partial charge in [0, 0.05) is 31.2 Å². The van der Waals surface area contributed by atoms with Crippen LogP contribution in [0.1, 0.15) is 24.0 Å². The summed E-state index contributed by atoms with van der Waals surface area (Å²) in [5, 5.41) is 0.445. The fourth-order valence-electron chi connectivity index (χ4n) is 4.12. The average Bonchev–Trinajstić information content (AvgIpc) is 2.74. The molecule has 154 valence electrons. The van der Waals surface area contributed by atoms with Gasteiger partial charge in [-0.25, -0.2) is 8.42 Å². The monoisotopic (exact) mass is 452 g/mol. The van der Waals surface area contributed by atoms with Gasteiger partial charge in [-0.2, -0.15) is 4.31 Å². The Morgan fingerprint density at radius 3 is 2.59 bits per heavy atom. The Morgan fingerprint density at radius 1 is 1.03 bits per heavy atom. The molecule has 1 fully saturated rings. The minimum absolute atomic E-state index is 0.00772. The van der Waals surface area contributed by atoms with Crippen LogP contribution in [-0.4, -0.2) is 43.2 Å². The maximum Gasteiger partial charge on any atom is 0.244 e. The highest BCUT2D eigenvalue weighted by Gasteiger charge is 2.36. The molecule has 2 aromatic rings. The van der Waals surface area contributed by atoms with Gasteiger partial charge in [0.1, 0.15) is 4.90 Å². The molecule has 0 N–H and O–H groups in total. The Labute approximate surface area is 181 Å². The van der Waals surface area contributed by atoms with E-state index in [0.29, 0.717) is 37.5 Å². The molecule has 2 aromatic carbocycles. The minimum Gasteiger partial charge on any atom is -0.338 e. The number of carbonyl (C=O) groups is 1. The second-order valence-electron chi connectivity index (χ2n) is 7.56. The van der Waals surface area contributed by atoms with Crippen molar-refractivity contribution in [2.75, 3.05) is 19.6 Å². The molecule has 0 aromatic heterocycles. The highest BCUT2D eigenvalue weighted by Crippen LogP contribution is 2.31. The van der Waals surface area contributed by atoms with E-state index in [-0.39, 0.29) is 28.3 Å². The molecule has 29 heavy (non-hydrogen) atoms. The number of rotatable bonds is 3. The largest absolute Gasteiger partial charge is 0.338 e. The topological polar surface area (TPSA) is 57.7 Å². The Balaban J connectivity index is 1.51. The first-order valence-electron chi connectivity index (χ1n) is 9.67. The van der Waals surface area contributed by atoms with E-state index in [1.807, 2.05) is 23.1 Å². The molecule has 0 saturated carbocycles. The third-order valence-corrected chi connectivity index (χ3v) is 8.27. The Hall–Kier alpha value is -1.60. The summed E-state index contributed by atoms with van der Waals surface area (Å²) in [7, 11) is -3.81. The summed E-state index contributed by atoms with van der Waals surface area (Å²) >= 11 is 12.1. The normalized spacial score (nSPS) is 20.3. The standard InChI is InChI=1S/C21H22Cl2N2O3S/c22-18-7-8-19(23)20(12-18)29(27,28)25-10-3-6-17(14-25)21(26)24-11-9-15-4-1-2-5-16(15)13-24/h1-2,4-5,7-8,12,17H,3,6,9-11,13-14H2. The van der Waals surface area contributed by atoms with Gasteiger partial charge in [0.25, 0.3) is 0 Å². The van der Waals surface area contributed by atoms with Gasteiger partial charge < -0.3 is 4.90 Å². The lowest BCUT2D eigenvalue weighted by atomic mass is 9.95. The van der Waals surface area contributed by atoms with Crippen molar-refractivity contribution in [1.29, 1.82) is 0 Å². The molecule has 5 nitrogen and oxygen atoms in total. The minimum atomic E-state index is -3.81. The highest BCUT2D eigenvalue weighted by atomic mass is 35.5. The summed E-state index contributed by atoms with van der Waals surface area (Å²) in [5.74, 6) is -0.321. The molecule has 2 aliphatic rings. The lowest BCUT2D eigenvalue weighted by Gasteiger charge is -2.36. The zero-order chi connectivity index (χ0) is 20.6. The zero-order valence-electron chi connectivity index (χ0n) is 15.9. The molecule has 2 aliphatic heterocycles. The van der Waals surface area contributed by atoms with Gasteiger partial charge in [-0.1, -0.05) is 47.5 Å². The van der Waals surface area contributed by atoms with Crippen LogP contribution in [0.2, 0.25) is 10.0 Å². The second-order valence-corrected chi connectivity index (χ2v) is 10.3. The molecule has 0 radical (unpaired) electrons. The summed E-state index contributed by atoms with van der Waals surface area (Å²) in [6.07, 6.45) is 2.15. The Bertz CT molecular complexity index is 1040. The number of amides is 1. The Kier molecular flexibility index (Phi) is 5.89. The van der Waals surface area contributed by atoms with E-state index < -0.39 is 10.0 Å². The first-order chi connectivity index (χ1) is 13.9. The number of halogens is 2. The number of nitrogens with zero attached hydrogens (tertiary/aromatic N) is 2. The quantitative estimate of drug-likeness (QED) is 0.707. The number of carbonyl (C=O) groups excluding carboxylic acids is 1. The summed E-state index contributed by atoms with van der Waals surface area (Å²) in [6, 6.07) is 12.5. The SMILES string of the molecule is O=C(C1CCCN(S(=O)(=O)c2cc(Cl)ccc2Cl)C1)N1CCc2ccccc2C1. The number of hydrogen-bond acceptors (Lipinski definition) is 3. The highest BCUT2D eigenvalue weighted by molar-refractivity contribution is 7.89. The van der Waals surface area contributed by atoms with E-state index in [9.17, 15) is 13.2 Å². The number of piperidine rings is 1. The smallest absolute Gasteiger partial charge is 0.244 e. The predicted molar refractivity (Wildman–Crippen MR) is 114 cm³/mol. The average molecular weight is 453 g/mol. The summed E-state index contributed by atoms with van der Waals surface area (Å²) < 4.78 is 27.6. The lowest BCUT2D eigenvalue weighted by Crippen LogP contribution is -2.47. The molecule has 0 aliphatic carbocycles. The maximum atomic E-state index is 13.2.